The molecule has 0 unspecified atom stereocenters. The molecule has 0 bridgehead atoms. The van der Waals surface area contributed by atoms with Crippen LogP contribution in [0.5, 0.6) is 5.75 Å². The minimum Gasteiger partial charge on any atom is -0.497 e. The molecule has 0 radical (unpaired) electrons. The lowest BCUT2D eigenvalue weighted by Gasteiger charge is -2.18. The number of aryl methyl sites for hydroxylation is 3. The van der Waals surface area contributed by atoms with Crippen LogP contribution in [0.2, 0.25) is 0 Å². The maximum absolute atomic E-state index is 13.7. The molecule has 6 aromatic rings. The lowest BCUT2D eigenvalue weighted by molar-refractivity contribution is -0.137. The Kier molecular flexibility index (Phi) is 19.1. The van der Waals surface area contributed by atoms with Crippen LogP contribution in [0.15, 0.2) is 54.6 Å². The number of H-pyrrole nitrogens is 3. The predicted octanol–water partition coefficient (Wildman–Crippen LogP) is 9.57. The number of aliphatic carboxylic acids is 1. The van der Waals surface area contributed by atoms with Crippen molar-refractivity contribution in [3.05, 3.63) is 150 Å². The van der Waals surface area contributed by atoms with Crippen LogP contribution in [-0.4, -0.2) is 125 Å². The Morgan fingerprint density at radius 2 is 1.10 bits per heavy atom. The normalized spacial score (nSPS) is 15.6. The van der Waals surface area contributed by atoms with E-state index in [1.807, 2.05) is 59.8 Å². The highest BCUT2D eigenvalue weighted by Gasteiger charge is 2.29. The Hall–Kier alpha value is -8.88. The van der Waals surface area contributed by atoms with Gasteiger partial charge in [-0.25, -0.2) is 8.78 Å². The van der Waals surface area contributed by atoms with Gasteiger partial charge in [-0.2, -0.15) is 0 Å². The van der Waals surface area contributed by atoms with Crippen LogP contribution in [0, 0.1) is 53.2 Å². The summed E-state index contributed by atoms with van der Waals surface area (Å²) in [6.45, 7) is 22.3. The molecule has 9 N–H and O–H groups in total. The fourth-order valence-corrected chi connectivity index (χ4v) is 10.9. The summed E-state index contributed by atoms with van der Waals surface area (Å²) in [5.41, 5.74) is 14.3. The van der Waals surface area contributed by atoms with Gasteiger partial charge in [-0.3, -0.25) is 28.8 Å². The first-order valence-electron chi connectivity index (χ1n) is 27.9. The lowest BCUT2D eigenvalue weighted by atomic mass is 10.0. The third kappa shape index (κ3) is 13.7. The topological polar surface area (TPSA) is 246 Å². The number of fused-ring (bicyclic) bond motifs is 3. The van der Waals surface area contributed by atoms with Gasteiger partial charge in [0.25, 0.3) is 29.5 Å². The summed E-state index contributed by atoms with van der Waals surface area (Å²) < 4.78 is 32.5. The molecule has 7 heterocycles. The average Bonchev–Trinajstić information content (AvgIpc) is 3.96. The third-order valence-electron chi connectivity index (χ3n) is 15.6. The fourth-order valence-electron chi connectivity index (χ4n) is 10.9. The molecule has 0 spiro atoms. The SMILES string of the molecule is CCN(CC)CCNC(=O)c1c(C)[nH]c(/C=C2\C(=O)Nc3ccc(F)cc32)c1C.COc1ccc2c(c1)NC(=O)/C2=C\c1[nH]c(C)c(CCC(=O)O)c1C.Cc1[nH]c(/C=C2\C(=O)Nc3ccc(F)cc32)c(C)c1C(=O)NCCN1CCCC1. The monoisotopic (exact) mass is 1130 g/mol. The second-order valence-electron chi connectivity index (χ2n) is 20.9. The number of likely N-dealkylation sites (tertiary alicyclic amines) is 1. The van der Waals surface area contributed by atoms with E-state index in [1.165, 1.54) is 37.1 Å². The predicted molar refractivity (Wildman–Crippen MR) is 320 cm³/mol. The first-order valence-corrected chi connectivity index (χ1v) is 27.9. The number of nitrogens with one attached hydrogen (secondary N) is 8. The molecule has 4 aliphatic heterocycles. The molecule has 83 heavy (non-hydrogen) atoms. The highest BCUT2D eigenvalue weighted by Crippen LogP contribution is 2.38. The van der Waals surface area contributed by atoms with E-state index in [-0.39, 0.29) is 36.0 Å². The van der Waals surface area contributed by atoms with Crippen molar-refractivity contribution in [1.82, 2.24) is 35.4 Å². The number of benzene rings is 3. The molecule has 0 aliphatic carbocycles. The lowest BCUT2D eigenvalue weighted by Crippen LogP contribution is -2.35. The smallest absolute Gasteiger partial charge is 0.303 e. The van der Waals surface area contributed by atoms with E-state index in [9.17, 15) is 37.5 Å². The minimum absolute atomic E-state index is 0.0820. The number of rotatable bonds is 17. The number of hydrogen-bond acceptors (Lipinski definition) is 9. The quantitative estimate of drug-likeness (QED) is 0.0392. The summed E-state index contributed by atoms with van der Waals surface area (Å²) in [4.78, 5) is 87.5. The number of methoxy groups -OCH3 is 1. The Labute approximate surface area is 481 Å². The molecule has 3 aromatic carbocycles. The molecule has 0 atom stereocenters. The number of likely N-dealkylation sites (N-methyl/N-ethyl adjacent to an activating group) is 1. The highest BCUT2D eigenvalue weighted by atomic mass is 19.1. The van der Waals surface area contributed by atoms with Crippen molar-refractivity contribution in [2.45, 2.75) is 81.1 Å². The van der Waals surface area contributed by atoms with E-state index in [1.54, 1.807) is 37.5 Å². The molecule has 436 valence electrons. The number of hydrogen-bond donors (Lipinski definition) is 9. The maximum atomic E-state index is 13.7. The van der Waals surface area contributed by atoms with Crippen LogP contribution in [0.25, 0.3) is 34.9 Å². The molecule has 4 aliphatic rings. The van der Waals surface area contributed by atoms with Gasteiger partial charge in [0.2, 0.25) is 0 Å². The zero-order chi connectivity index (χ0) is 59.8. The number of aromatic nitrogens is 3. The van der Waals surface area contributed by atoms with Gasteiger partial charge in [-0.05, 0) is 176 Å². The van der Waals surface area contributed by atoms with E-state index in [4.69, 9.17) is 9.84 Å². The van der Waals surface area contributed by atoms with Gasteiger partial charge in [-0.1, -0.05) is 13.8 Å². The van der Waals surface area contributed by atoms with Gasteiger partial charge in [0.1, 0.15) is 17.4 Å². The largest absolute Gasteiger partial charge is 0.497 e. The summed E-state index contributed by atoms with van der Waals surface area (Å²) in [5, 5.41) is 23.2. The van der Waals surface area contributed by atoms with Gasteiger partial charge in [-0.15, -0.1) is 0 Å². The molecule has 0 saturated carbocycles. The van der Waals surface area contributed by atoms with Crippen molar-refractivity contribution in [2.24, 2.45) is 0 Å². The van der Waals surface area contributed by atoms with E-state index >= 15 is 0 Å². The van der Waals surface area contributed by atoms with Crippen molar-refractivity contribution in [1.29, 1.82) is 0 Å². The van der Waals surface area contributed by atoms with Crippen molar-refractivity contribution >= 4 is 87.5 Å². The third-order valence-corrected chi connectivity index (χ3v) is 15.6. The first kappa shape index (κ1) is 60.2. The number of halogens is 2. The molecule has 1 fully saturated rings. The molecule has 18 nitrogen and oxygen atoms in total. The van der Waals surface area contributed by atoms with Crippen molar-refractivity contribution < 1.29 is 47.4 Å². The molecule has 5 amide bonds. The van der Waals surface area contributed by atoms with E-state index in [0.29, 0.717) is 87.0 Å². The number of amides is 5. The summed E-state index contributed by atoms with van der Waals surface area (Å²) in [5.74, 6) is -1.94. The summed E-state index contributed by atoms with van der Waals surface area (Å²) in [7, 11) is 1.58. The molecular formula is C63H72F2N10O8. The number of carboxylic acid groups (broad SMARTS) is 1. The number of anilines is 3. The Balaban J connectivity index is 0.000000163. The Morgan fingerprint density at radius 1 is 0.627 bits per heavy atom. The van der Waals surface area contributed by atoms with E-state index in [0.717, 1.165) is 95.5 Å². The maximum Gasteiger partial charge on any atom is 0.303 e. The van der Waals surface area contributed by atoms with E-state index < -0.39 is 17.6 Å². The Morgan fingerprint density at radius 3 is 1.59 bits per heavy atom. The van der Waals surface area contributed by atoms with Crippen LogP contribution in [0.3, 0.4) is 0 Å². The Bertz CT molecular complexity index is 3460. The van der Waals surface area contributed by atoms with Gasteiger partial charge < -0.3 is 61.2 Å². The van der Waals surface area contributed by atoms with E-state index in [2.05, 4.69) is 65.2 Å². The summed E-state index contributed by atoms with van der Waals surface area (Å²) >= 11 is 0. The number of ether oxygens (including phenoxy) is 1. The molecule has 3 aromatic heterocycles. The first-order chi connectivity index (χ1) is 39.7. The number of nitrogens with zero attached hydrogens (tertiary/aromatic N) is 2. The van der Waals surface area contributed by atoms with Crippen molar-refractivity contribution in [3.63, 3.8) is 0 Å². The molecule has 20 heteroatoms. The number of carboxylic acids is 1. The van der Waals surface area contributed by atoms with Crippen LogP contribution in [-0.2, 0) is 25.6 Å². The van der Waals surface area contributed by atoms with Gasteiger partial charge in [0, 0.05) is 101 Å². The van der Waals surface area contributed by atoms with Crippen LogP contribution in [0.4, 0.5) is 25.8 Å². The van der Waals surface area contributed by atoms with Crippen LogP contribution >= 0.6 is 0 Å². The summed E-state index contributed by atoms with van der Waals surface area (Å²) in [6.07, 6.45) is 8.18. The standard InChI is InChI=1S/C22H25FN4O2.C22H27FN4O2.C19H20N2O4/c1-13-19(12-17-16-11-15(23)5-6-18(16)26-21(17)28)25-14(2)20(13)22(29)24-7-10-27-8-3-4-9-27;1-5-27(6-2)10-9-24-22(29)20-13(3)19(25-14(20)4)12-17-16-11-15(23)7-8-18(16)26-21(17)28;1-10-13(6-7-18(22)23)11(2)20-16(10)9-15-14-5-4-12(25-3)8-17(14)21-19(15)24/h5-6,11-12,25H,3-4,7-10H2,1-2H3,(H,24,29)(H,26,28);7-8,11-12,25H,5-6,9-10H2,1-4H3,(H,24,29)(H,26,28);4-5,8-9,20H,6-7H2,1-3H3,(H,21,24)(H,22,23)/b2*17-12-;15-9-. The second-order valence-corrected chi connectivity index (χ2v) is 20.9. The molecular weight excluding hydrogens is 1060 g/mol. The average molecular weight is 1140 g/mol. The molecule has 1 saturated heterocycles. The van der Waals surface area contributed by atoms with Gasteiger partial charge in [0.05, 0.1) is 40.6 Å². The minimum atomic E-state index is -0.821. The van der Waals surface area contributed by atoms with Gasteiger partial charge in [0.15, 0.2) is 0 Å². The highest BCUT2D eigenvalue weighted by molar-refractivity contribution is 6.36. The van der Waals surface area contributed by atoms with Crippen molar-refractivity contribution in [3.8, 4) is 5.75 Å². The zero-order valence-corrected chi connectivity index (χ0v) is 48.4. The second kappa shape index (κ2) is 26.4. The number of aromatic amines is 3. The van der Waals surface area contributed by atoms with Crippen LogP contribution in [0.1, 0.15) is 127 Å². The number of carbonyl (C=O) groups excluding carboxylic acids is 5. The van der Waals surface area contributed by atoms with Gasteiger partial charge >= 0.3 is 5.97 Å². The number of carbonyl (C=O) groups is 6. The fraction of sp³-hybridized carbons (Fsp3) is 0.333. The zero-order valence-electron chi connectivity index (χ0n) is 48.4. The van der Waals surface area contributed by atoms with Crippen molar-refractivity contribution in [2.75, 3.05) is 75.4 Å². The summed E-state index contributed by atoms with van der Waals surface area (Å²) in [6, 6.07) is 13.9. The van der Waals surface area contributed by atoms with Crippen LogP contribution < -0.4 is 31.3 Å². The molecule has 10 rings (SSSR count).